The minimum atomic E-state index is -0.000767. The molecule has 0 aliphatic carbocycles. The highest BCUT2D eigenvalue weighted by Gasteiger charge is 2.22. The normalized spacial score (nSPS) is 17.7. The van der Waals surface area contributed by atoms with Crippen molar-refractivity contribution in [3.63, 3.8) is 0 Å². The SMILES string of the molecule is Cc1cccc(N2CCN(c3ccnc(C(=O)N4CCOCC4)c3)CC2)c1C. The standard InChI is InChI=1S/C22H28N4O2/c1-17-4-3-5-21(18(17)2)25-10-8-24(9-11-25)19-6-7-23-20(16-19)22(27)26-12-14-28-15-13-26/h3-7,16H,8-15H2,1-2H3. The van der Waals surface area contributed by atoms with Crippen LogP contribution in [-0.4, -0.2) is 68.3 Å². The maximum Gasteiger partial charge on any atom is 0.272 e. The van der Waals surface area contributed by atoms with Crippen molar-refractivity contribution in [3.05, 3.63) is 53.3 Å². The Morgan fingerprint density at radius 3 is 2.43 bits per heavy atom. The molecule has 0 saturated carbocycles. The van der Waals surface area contributed by atoms with Crippen molar-refractivity contribution in [2.75, 3.05) is 62.3 Å². The summed E-state index contributed by atoms with van der Waals surface area (Å²) in [6.07, 6.45) is 1.75. The van der Waals surface area contributed by atoms with Gasteiger partial charge in [0.05, 0.1) is 13.2 Å². The molecule has 6 nitrogen and oxygen atoms in total. The first-order chi connectivity index (χ1) is 13.6. The van der Waals surface area contributed by atoms with Crippen molar-refractivity contribution < 1.29 is 9.53 Å². The number of morpholine rings is 1. The molecule has 2 aliphatic rings. The number of hydrogen-bond acceptors (Lipinski definition) is 5. The molecule has 0 spiro atoms. The summed E-state index contributed by atoms with van der Waals surface area (Å²) in [6.45, 7) is 10.7. The highest BCUT2D eigenvalue weighted by Crippen LogP contribution is 2.25. The Labute approximate surface area is 166 Å². The van der Waals surface area contributed by atoms with Crippen molar-refractivity contribution in [1.82, 2.24) is 9.88 Å². The maximum absolute atomic E-state index is 12.7. The molecule has 2 aromatic rings. The zero-order valence-corrected chi connectivity index (χ0v) is 16.7. The number of carbonyl (C=O) groups is 1. The molecule has 6 heteroatoms. The molecule has 0 radical (unpaired) electrons. The summed E-state index contributed by atoms with van der Waals surface area (Å²) in [6, 6.07) is 10.5. The fourth-order valence-electron chi connectivity index (χ4n) is 3.95. The summed E-state index contributed by atoms with van der Waals surface area (Å²) in [5.41, 5.74) is 5.62. The predicted molar refractivity (Wildman–Crippen MR) is 111 cm³/mol. The molecular weight excluding hydrogens is 352 g/mol. The van der Waals surface area contributed by atoms with Gasteiger partial charge in [0.25, 0.3) is 5.91 Å². The third-order valence-corrected chi connectivity index (χ3v) is 5.82. The predicted octanol–water partition coefficient (Wildman–Crippen LogP) is 2.50. The van der Waals surface area contributed by atoms with E-state index < -0.39 is 0 Å². The van der Waals surface area contributed by atoms with Crippen LogP contribution in [0.3, 0.4) is 0 Å². The molecule has 148 valence electrons. The number of aromatic nitrogens is 1. The summed E-state index contributed by atoms with van der Waals surface area (Å²) in [4.78, 5) is 23.7. The average Bonchev–Trinajstić information content (AvgIpc) is 2.76. The number of anilines is 2. The van der Waals surface area contributed by atoms with E-state index >= 15 is 0 Å². The minimum absolute atomic E-state index is 0.000767. The van der Waals surface area contributed by atoms with E-state index in [1.807, 2.05) is 17.0 Å². The van der Waals surface area contributed by atoms with Gasteiger partial charge in [0.1, 0.15) is 5.69 Å². The van der Waals surface area contributed by atoms with Crippen LogP contribution in [0.25, 0.3) is 0 Å². The van der Waals surface area contributed by atoms with Crippen molar-refractivity contribution in [1.29, 1.82) is 0 Å². The van der Waals surface area contributed by atoms with Gasteiger partial charge in [0.15, 0.2) is 0 Å². The number of aryl methyl sites for hydroxylation is 1. The van der Waals surface area contributed by atoms with E-state index in [0.29, 0.717) is 32.0 Å². The maximum atomic E-state index is 12.7. The highest BCUT2D eigenvalue weighted by molar-refractivity contribution is 5.93. The van der Waals surface area contributed by atoms with E-state index in [9.17, 15) is 4.79 Å². The Morgan fingerprint density at radius 2 is 1.68 bits per heavy atom. The fourth-order valence-corrected chi connectivity index (χ4v) is 3.95. The third kappa shape index (κ3) is 3.83. The molecular formula is C22H28N4O2. The van der Waals surface area contributed by atoms with Crippen LogP contribution >= 0.6 is 0 Å². The number of ether oxygens (including phenoxy) is 1. The van der Waals surface area contributed by atoms with E-state index in [1.54, 1.807) is 6.20 Å². The average molecular weight is 380 g/mol. The molecule has 0 unspecified atom stereocenters. The number of hydrogen-bond donors (Lipinski definition) is 0. The first-order valence-corrected chi connectivity index (χ1v) is 10.0. The third-order valence-electron chi connectivity index (χ3n) is 5.82. The first kappa shape index (κ1) is 18.7. The molecule has 0 N–H and O–H groups in total. The van der Waals surface area contributed by atoms with E-state index in [-0.39, 0.29) is 5.91 Å². The summed E-state index contributed by atoms with van der Waals surface area (Å²) >= 11 is 0. The van der Waals surface area contributed by atoms with Gasteiger partial charge < -0.3 is 19.4 Å². The second kappa shape index (κ2) is 8.19. The second-order valence-corrected chi connectivity index (χ2v) is 7.50. The number of nitrogens with zero attached hydrogens (tertiary/aromatic N) is 4. The van der Waals surface area contributed by atoms with Crippen LogP contribution in [0.2, 0.25) is 0 Å². The van der Waals surface area contributed by atoms with Crippen LogP contribution in [0, 0.1) is 13.8 Å². The summed E-state index contributed by atoms with van der Waals surface area (Å²) in [5.74, 6) is -0.000767. The van der Waals surface area contributed by atoms with Gasteiger partial charge in [-0.25, -0.2) is 0 Å². The lowest BCUT2D eigenvalue weighted by Gasteiger charge is -2.38. The molecule has 1 aromatic heterocycles. The smallest absolute Gasteiger partial charge is 0.272 e. The molecule has 2 aliphatic heterocycles. The van der Waals surface area contributed by atoms with Gasteiger partial charge in [-0.15, -0.1) is 0 Å². The monoisotopic (exact) mass is 380 g/mol. The number of benzene rings is 1. The Hall–Kier alpha value is -2.60. The van der Waals surface area contributed by atoms with Crippen LogP contribution < -0.4 is 9.80 Å². The molecule has 0 bridgehead atoms. The molecule has 1 amide bonds. The van der Waals surface area contributed by atoms with Gasteiger partial charge in [0, 0.05) is 56.8 Å². The van der Waals surface area contributed by atoms with Crippen molar-refractivity contribution >= 4 is 17.3 Å². The zero-order chi connectivity index (χ0) is 19.5. The molecule has 2 fully saturated rings. The van der Waals surface area contributed by atoms with Gasteiger partial charge in [-0.3, -0.25) is 9.78 Å². The van der Waals surface area contributed by atoms with Crippen molar-refractivity contribution in [2.24, 2.45) is 0 Å². The topological polar surface area (TPSA) is 48.9 Å². The molecule has 2 saturated heterocycles. The second-order valence-electron chi connectivity index (χ2n) is 7.50. The van der Waals surface area contributed by atoms with Gasteiger partial charge >= 0.3 is 0 Å². The van der Waals surface area contributed by atoms with E-state index in [1.165, 1.54) is 16.8 Å². The molecule has 4 rings (SSSR count). The van der Waals surface area contributed by atoms with E-state index in [0.717, 1.165) is 31.9 Å². The number of piperazine rings is 1. The lowest BCUT2D eigenvalue weighted by molar-refractivity contribution is 0.0299. The van der Waals surface area contributed by atoms with Gasteiger partial charge in [0.2, 0.25) is 0 Å². The van der Waals surface area contributed by atoms with Crippen LogP contribution in [0.15, 0.2) is 36.5 Å². The van der Waals surface area contributed by atoms with Crippen LogP contribution in [0.5, 0.6) is 0 Å². The zero-order valence-electron chi connectivity index (χ0n) is 16.7. The lowest BCUT2D eigenvalue weighted by Crippen LogP contribution is -2.47. The number of pyridine rings is 1. The molecule has 3 heterocycles. The minimum Gasteiger partial charge on any atom is -0.378 e. The van der Waals surface area contributed by atoms with E-state index in [2.05, 4.69) is 46.8 Å². The number of carbonyl (C=O) groups excluding carboxylic acids is 1. The Bertz CT molecular complexity index is 840. The van der Waals surface area contributed by atoms with Gasteiger partial charge in [-0.2, -0.15) is 0 Å². The summed E-state index contributed by atoms with van der Waals surface area (Å²) in [5, 5.41) is 0. The van der Waals surface area contributed by atoms with Gasteiger partial charge in [-0.1, -0.05) is 12.1 Å². The number of rotatable bonds is 3. The van der Waals surface area contributed by atoms with Gasteiger partial charge in [-0.05, 0) is 43.2 Å². The summed E-state index contributed by atoms with van der Waals surface area (Å²) in [7, 11) is 0. The molecule has 28 heavy (non-hydrogen) atoms. The Balaban J connectivity index is 1.43. The first-order valence-electron chi connectivity index (χ1n) is 10.0. The Kier molecular flexibility index (Phi) is 5.48. The highest BCUT2D eigenvalue weighted by atomic mass is 16.5. The molecule has 1 aromatic carbocycles. The fraction of sp³-hybridized carbons (Fsp3) is 0.455. The number of amides is 1. The summed E-state index contributed by atoms with van der Waals surface area (Å²) < 4.78 is 5.34. The van der Waals surface area contributed by atoms with Crippen molar-refractivity contribution in [2.45, 2.75) is 13.8 Å². The lowest BCUT2D eigenvalue weighted by atomic mass is 10.1. The molecule has 0 atom stereocenters. The van der Waals surface area contributed by atoms with Crippen LogP contribution in [0.4, 0.5) is 11.4 Å². The van der Waals surface area contributed by atoms with Crippen molar-refractivity contribution in [3.8, 4) is 0 Å². The van der Waals surface area contributed by atoms with Crippen LogP contribution in [-0.2, 0) is 4.74 Å². The van der Waals surface area contributed by atoms with Crippen LogP contribution in [0.1, 0.15) is 21.6 Å². The Morgan fingerprint density at radius 1 is 0.964 bits per heavy atom. The largest absolute Gasteiger partial charge is 0.378 e. The van der Waals surface area contributed by atoms with E-state index in [4.69, 9.17) is 4.74 Å². The quantitative estimate of drug-likeness (QED) is 0.819.